The van der Waals surface area contributed by atoms with Crippen LogP contribution < -0.4 is 0 Å². The standard InChI is InChI=1S/C7H7Cl2IS/c8-4-1-2-6-5(3-4)10-7(9)11-6/h1,5-6H,2-3H2/t5-,6?/m0/s1. The highest BCUT2D eigenvalue weighted by molar-refractivity contribution is 14.2. The maximum absolute atomic E-state index is 6.00. The maximum Gasteiger partial charge on any atom is 0.103 e. The van der Waals surface area contributed by atoms with Crippen LogP contribution >= 0.6 is 55.7 Å². The molecule has 1 aliphatic carbocycles. The first-order valence-corrected chi connectivity index (χ1v) is 7.39. The van der Waals surface area contributed by atoms with Gasteiger partial charge in [0.15, 0.2) is 0 Å². The van der Waals surface area contributed by atoms with Gasteiger partial charge in [0.05, 0.1) is 0 Å². The predicted molar refractivity (Wildman–Crippen MR) is 63.2 cm³/mol. The van der Waals surface area contributed by atoms with Gasteiger partial charge in [-0.3, -0.25) is 0 Å². The van der Waals surface area contributed by atoms with Gasteiger partial charge in [-0.05, 0) is 12.8 Å². The second-order valence-electron chi connectivity index (χ2n) is 2.60. The minimum Gasteiger partial charge on any atom is -0.103 e. The molecule has 62 valence electrons. The summed E-state index contributed by atoms with van der Waals surface area (Å²) in [6.45, 7) is 0. The van der Waals surface area contributed by atoms with Crippen LogP contribution in [-0.4, -0.2) is 11.5 Å². The molecule has 1 unspecified atom stereocenters. The molecule has 0 radical (unpaired) electrons. The van der Waals surface area contributed by atoms with Crippen molar-refractivity contribution in [2.45, 2.75) is 22.0 Å². The Morgan fingerprint density at radius 3 is 3.18 bits per heavy atom. The molecule has 0 amide bonds. The normalized spacial score (nSPS) is 36.9. The van der Waals surface area contributed by atoms with Crippen molar-refractivity contribution >= 4 is 58.0 Å². The molecule has 0 aromatic carbocycles. The van der Waals surface area contributed by atoms with Crippen LogP contribution in [0.5, 0.6) is 0 Å². The molecule has 1 aliphatic heterocycles. The Morgan fingerprint density at radius 1 is 1.55 bits per heavy atom. The Bertz CT molecular complexity index is 237. The molecule has 2 atom stereocenters. The van der Waals surface area contributed by atoms with Crippen LogP contribution in [0.2, 0.25) is 0 Å². The SMILES string of the molecule is ClC1=CCC2SC(Cl)=I[C@H]2C1. The number of rotatable bonds is 0. The smallest absolute Gasteiger partial charge is 0.103 e. The first-order chi connectivity index (χ1) is 5.25. The lowest BCUT2D eigenvalue weighted by Gasteiger charge is -2.20. The molecule has 0 nitrogen and oxygen atoms in total. The van der Waals surface area contributed by atoms with Crippen molar-refractivity contribution in [3.05, 3.63) is 11.1 Å². The monoisotopic (exact) mass is 320 g/mol. The lowest BCUT2D eigenvalue weighted by Crippen LogP contribution is -2.17. The molecule has 0 aromatic heterocycles. The minimum atomic E-state index is 0.111. The van der Waals surface area contributed by atoms with E-state index in [4.69, 9.17) is 23.2 Å². The van der Waals surface area contributed by atoms with Crippen LogP contribution in [0.25, 0.3) is 0 Å². The molecule has 2 aliphatic rings. The zero-order valence-electron chi connectivity index (χ0n) is 5.69. The highest BCUT2D eigenvalue weighted by Crippen LogP contribution is 2.46. The summed E-state index contributed by atoms with van der Waals surface area (Å²) in [5, 5.41) is 1.82. The largest absolute Gasteiger partial charge is 0.103 e. The molecule has 1 heterocycles. The van der Waals surface area contributed by atoms with E-state index in [1.807, 2.05) is 11.8 Å². The summed E-state index contributed by atoms with van der Waals surface area (Å²) in [5.41, 5.74) is 0. The first-order valence-electron chi connectivity index (χ1n) is 3.43. The van der Waals surface area contributed by atoms with Gasteiger partial charge in [-0.2, -0.15) is 0 Å². The third kappa shape index (κ3) is 1.95. The van der Waals surface area contributed by atoms with Crippen molar-refractivity contribution in [3.8, 4) is 0 Å². The summed E-state index contributed by atoms with van der Waals surface area (Å²) in [6.07, 6.45) is 4.36. The number of fused-ring (bicyclic) bond motifs is 1. The fourth-order valence-corrected chi connectivity index (χ4v) is 8.55. The molecule has 0 saturated carbocycles. The van der Waals surface area contributed by atoms with Crippen molar-refractivity contribution in [2.75, 3.05) is 0 Å². The number of hydrogen-bond donors (Lipinski definition) is 0. The summed E-state index contributed by atoms with van der Waals surface area (Å²) in [4.78, 5) is 0. The van der Waals surface area contributed by atoms with Crippen LogP contribution in [0.3, 0.4) is 0 Å². The Balaban J connectivity index is 2.14. The number of halogens is 3. The summed E-state index contributed by atoms with van der Waals surface area (Å²) in [6, 6.07) is 0. The van der Waals surface area contributed by atoms with Gasteiger partial charge in [0.2, 0.25) is 0 Å². The Hall–Kier alpha value is 1.27. The maximum atomic E-state index is 6.00. The fourth-order valence-electron chi connectivity index (χ4n) is 1.27. The van der Waals surface area contributed by atoms with E-state index in [9.17, 15) is 0 Å². The van der Waals surface area contributed by atoms with E-state index < -0.39 is 0 Å². The van der Waals surface area contributed by atoms with Crippen LogP contribution in [-0.2, 0) is 0 Å². The van der Waals surface area contributed by atoms with Gasteiger partial charge in [-0.15, -0.1) is 11.8 Å². The predicted octanol–water partition coefficient (Wildman–Crippen LogP) is 3.68. The Morgan fingerprint density at radius 2 is 2.36 bits per heavy atom. The number of allylic oxidation sites excluding steroid dienone is 2. The fraction of sp³-hybridized carbons (Fsp3) is 0.571. The summed E-state index contributed by atoms with van der Waals surface area (Å²) in [5.74, 6) is 0. The van der Waals surface area contributed by atoms with E-state index in [2.05, 4.69) is 6.08 Å². The first kappa shape index (κ1) is 8.85. The van der Waals surface area contributed by atoms with Crippen molar-refractivity contribution in [2.24, 2.45) is 0 Å². The molecular weight excluding hydrogens is 314 g/mol. The topological polar surface area (TPSA) is 0 Å². The Kier molecular flexibility index (Phi) is 2.87. The zero-order chi connectivity index (χ0) is 7.84. The van der Waals surface area contributed by atoms with Crippen molar-refractivity contribution in [1.82, 2.24) is 0 Å². The molecule has 0 bridgehead atoms. The van der Waals surface area contributed by atoms with Crippen molar-refractivity contribution in [3.63, 3.8) is 0 Å². The van der Waals surface area contributed by atoms with Crippen LogP contribution in [0.15, 0.2) is 11.1 Å². The quantitative estimate of drug-likeness (QED) is 0.484. The average Bonchev–Trinajstić information content (AvgIpc) is 2.27. The van der Waals surface area contributed by atoms with E-state index in [1.165, 1.54) is 2.30 Å². The van der Waals surface area contributed by atoms with Gasteiger partial charge in [-0.1, -0.05) is 50.0 Å². The van der Waals surface area contributed by atoms with Crippen LogP contribution in [0.1, 0.15) is 12.8 Å². The molecular formula is C7H7Cl2IS. The Labute approximate surface area is 90.5 Å². The van der Waals surface area contributed by atoms with Gasteiger partial charge >= 0.3 is 0 Å². The molecule has 0 fully saturated rings. The van der Waals surface area contributed by atoms with E-state index in [0.29, 0.717) is 0 Å². The van der Waals surface area contributed by atoms with Gasteiger partial charge in [0.25, 0.3) is 0 Å². The van der Waals surface area contributed by atoms with Crippen molar-refractivity contribution < 1.29 is 0 Å². The third-order valence-corrected chi connectivity index (χ3v) is 8.41. The summed E-state index contributed by atoms with van der Waals surface area (Å²) in [7, 11) is 0. The minimum absolute atomic E-state index is 0.111. The molecule has 11 heavy (non-hydrogen) atoms. The van der Waals surface area contributed by atoms with Gasteiger partial charge < -0.3 is 0 Å². The molecule has 0 aromatic rings. The summed E-state index contributed by atoms with van der Waals surface area (Å²) < 4.78 is 2.00. The number of alkyl halides is 1. The number of hydrogen-bond acceptors (Lipinski definition) is 1. The molecule has 2 rings (SSSR count). The second-order valence-corrected chi connectivity index (χ2v) is 9.61. The molecule has 0 N–H and O–H groups in total. The third-order valence-electron chi connectivity index (χ3n) is 1.83. The average molecular weight is 321 g/mol. The molecule has 0 saturated heterocycles. The van der Waals surface area contributed by atoms with E-state index >= 15 is 0 Å². The van der Waals surface area contributed by atoms with Gasteiger partial charge in [0.1, 0.15) is 2.30 Å². The zero-order valence-corrected chi connectivity index (χ0v) is 10.2. The lowest BCUT2D eigenvalue weighted by molar-refractivity contribution is 0.785. The highest BCUT2D eigenvalue weighted by Gasteiger charge is 2.30. The van der Waals surface area contributed by atoms with Crippen LogP contribution in [0, 0.1) is 0 Å². The van der Waals surface area contributed by atoms with E-state index in [1.54, 1.807) is 0 Å². The molecule has 0 spiro atoms. The van der Waals surface area contributed by atoms with Crippen LogP contribution in [0.4, 0.5) is 0 Å². The van der Waals surface area contributed by atoms with Gasteiger partial charge in [0, 0.05) is 14.2 Å². The van der Waals surface area contributed by atoms with E-state index in [0.717, 1.165) is 27.0 Å². The number of thioether (sulfide) groups is 1. The summed E-state index contributed by atoms with van der Waals surface area (Å²) >= 11 is 13.9. The van der Waals surface area contributed by atoms with E-state index in [-0.39, 0.29) is 20.7 Å². The molecule has 4 heteroatoms. The highest BCUT2D eigenvalue weighted by atomic mass is 127. The second kappa shape index (κ2) is 3.56. The van der Waals surface area contributed by atoms with Gasteiger partial charge in [-0.25, -0.2) is 0 Å². The van der Waals surface area contributed by atoms with Crippen molar-refractivity contribution in [1.29, 1.82) is 0 Å². The lowest BCUT2D eigenvalue weighted by atomic mass is 10.1.